The monoisotopic (exact) mass is 676 g/mol. The molecule has 0 fully saturated rings. The van der Waals surface area contributed by atoms with Crippen molar-refractivity contribution in [3.05, 3.63) is 143 Å². The fourth-order valence-corrected chi connectivity index (χ4v) is 7.26. The molecule has 250 valence electrons. The van der Waals surface area contributed by atoms with Crippen molar-refractivity contribution in [3.63, 3.8) is 0 Å². The van der Waals surface area contributed by atoms with Gasteiger partial charge in [-0.25, -0.2) is 0 Å². The highest BCUT2D eigenvalue weighted by atomic mass is 19.4. The van der Waals surface area contributed by atoms with Crippen LogP contribution in [0, 0.1) is 27.7 Å². The normalized spacial score (nSPS) is 12.6. The number of benzene rings is 6. The molecule has 0 saturated heterocycles. The van der Waals surface area contributed by atoms with Gasteiger partial charge < -0.3 is 9.13 Å². The Kier molecular flexibility index (Phi) is 6.99. The molecule has 8 rings (SSSR count). The van der Waals surface area contributed by atoms with E-state index in [2.05, 4.69) is 0 Å². The number of halogens is 6. The van der Waals surface area contributed by atoms with E-state index in [0.717, 1.165) is 62.0 Å². The summed E-state index contributed by atoms with van der Waals surface area (Å²) in [6.07, 6.45) is -9.48. The summed E-state index contributed by atoms with van der Waals surface area (Å²) < 4.78 is 92.5. The second kappa shape index (κ2) is 11.0. The van der Waals surface area contributed by atoms with Crippen LogP contribution in [0.2, 0.25) is 0 Å². The number of nitrogens with zero attached hydrogens (tertiary/aromatic N) is 2. The van der Waals surface area contributed by atoms with E-state index in [1.54, 1.807) is 9.13 Å². The SMILES string of the molecule is Cc1ccc2c3ccc(C)cc3n(-c3cc(C(F)(F)F)c(-n4c5cc(C)ccc5c5ccc(C)cc54)cc3-c3cccc(C(F)(F)F)c3)c2c1. The minimum absolute atomic E-state index is 0.129. The smallest absolute Gasteiger partial charge is 0.309 e. The molecule has 2 aromatic heterocycles. The first-order valence-corrected chi connectivity index (χ1v) is 16.2. The van der Waals surface area contributed by atoms with Crippen molar-refractivity contribution in [3.8, 4) is 22.5 Å². The Morgan fingerprint density at radius 2 is 0.840 bits per heavy atom. The Morgan fingerprint density at radius 1 is 0.420 bits per heavy atom. The van der Waals surface area contributed by atoms with E-state index in [9.17, 15) is 13.2 Å². The number of aryl methyl sites for hydroxylation is 4. The van der Waals surface area contributed by atoms with Gasteiger partial charge in [-0.3, -0.25) is 0 Å². The lowest BCUT2D eigenvalue weighted by atomic mass is 9.97. The molecular formula is C42H30F6N2. The first kappa shape index (κ1) is 31.7. The Bertz CT molecular complexity index is 2550. The zero-order valence-corrected chi connectivity index (χ0v) is 27.6. The third-order valence-electron chi connectivity index (χ3n) is 9.56. The molecule has 0 aliphatic rings. The van der Waals surface area contributed by atoms with Crippen molar-refractivity contribution in [2.24, 2.45) is 0 Å². The zero-order valence-electron chi connectivity index (χ0n) is 27.6. The van der Waals surface area contributed by atoms with Crippen LogP contribution in [0.3, 0.4) is 0 Å². The average molecular weight is 677 g/mol. The van der Waals surface area contributed by atoms with E-state index in [4.69, 9.17) is 0 Å². The van der Waals surface area contributed by atoms with E-state index in [0.29, 0.717) is 22.1 Å². The lowest BCUT2D eigenvalue weighted by Crippen LogP contribution is -2.13. The Morgan fingerprint density at radius 3 is 1.24 bits per heavy atom. The standard InChI is InChI=1S/C42H30F6N2/c1-23-8-12-29-30-13-9-24(2)17-36(30)49(35(29)16-23)39-22-34(42(46,47)48)40(21-33(39)27-6-5-7-28(20-27)41(43,44)45)50-37-18-25(3)10-14-31(37)32-15-11-26(4)19-38(32)50/h5-22H,1-4H3. The van der Waals surface area contributed by atoms with Crippen LogP contribution in [-0.2, 0) is 12.4 Å². The topological polar surface area (TPSA) is 9.86 Å². The van der Waals surface area contributed by atoms with Crippen LogP contribution in [0.5, 0.6) is 0 Å². The molecular weight excluding hydrogens is 646 g/mol. The van der Waals surface area contributed by atoms with Crippen LogP contribution in [0.4, 0.5) is 26.3 Å². The van der Waals surface area contributed by atoms with E-state index in [1.165, 1.54) is 18.2 Å². The van der Waals surface area contributed by atoms with Gasteiger partial charge in [-0.05, 0) is 104 Å². The minimum Gasteiger partial charge on any atom is -0.309 e. The minimum atomic E-state index is -4.82. The molecule has 0 saturated carbocycles. The summed E-state index contributed by atoms with van der Waals surface area (Å²) >= 11 is 0. The van der Waals surface area contributed by atoms with Crippen molar-refractivity contribution in [1.82, 2.24) is 9.13 Å². The van der Waals surface area contributed by atoms with Gasteiger partial charge in [0.25, 0.3) is 0 Å². The number of hydrogen-bond donors (Lipinski definition) is 0. The van der Waals surface area contributed by atoms with E-state index < -0.39 is 23.5 Å². The molecule has 6 aromatic carbocycles. The molecule has 0 spiro atoms. The van der Waals surface area contributed by atoms with Crippen molar-refractivity contribution >= 4 is 43.6 Å². The summed E-state index contributed by atoms with van der Waals surface area (Å²) in [5.41, 5.74) is 4.50. The number of alkyl halides is 6. The maximum absolute atomic E-state index is 15.6. The largest absolute Gasteiger partial charge is 0.418 e. The maximum Gasteiger partial charge on any atom is 0.418 e. The maximum atomic E-state index is 15.6. The molecule has 8 heteroatoms. The Balaban J connectivity index is 1.59. The number of hydrogen-bond acceptors (Lipinski definition) is 0. The second-order valence-corrected chi connectivity index (χ2v) is 13.2. The lowest BCUT2D eigenvalue weighted by Gasteiger charge is -2.22. The molecule has 8 aromatic rings. The van der Waals surface area contributed by atoms with Crippen molar-refractivity contribution < 1.29 is 26.3 Å². The van der Waals surface area contributed by atoms with Crippen LogP contribution in [0.1, 0.15) is 33.4 Å². The summed E-state index contributed by atoms with van der Waals surface area (Å²) in [6.45, 7) is 7.55. The summed E-state index contributed by atoms with van der Waals surface area (Å²) in [7, 11) is 0. The highest BCUT2D eigenvalue weighted by Gasteiger charge is 2.37. The van der Waals surface area contributed by atoms with Crippen molar-refractivity contribution in [2.45, 2.75) is 40.0 Å². The number of rotatable bonds is 3. The van der Waals surface area contributed by atoms with E-state index >= 15 is 13.2 Å². The van der Waals surface area contributed by atoms with Crippen molar-refractivity contribution in [1.29, 1.82) is 0 Å². The van der Waals surface area contributed by atoms with Gasteiger partial charge in [0.15, 0.2) is 0 Å². The first-order valence-electron chi connectivity index (χ1n) is 16.2. The van der Waals surface area contributed by atoms with Gasteiger partial charge in [-0.1, -0.05) is 60.7 Å². The van der Waals surface area contributed by atoms with Gasteiger partial charge in [-0.2, -0.15) is 26.3 Å². The predicted molar refractivity (Wildman–Crippen MR) is 190 cm³/mol. The zero-order chi connectivity index (χ0) is 35.3. The van der Waals surface area contributed by atoms with Crippen LogP contribution in [0.25, 0.3) is 66.1 Å². The van der Waals surface area contributed by atoms with Crippen LogP contribution in [0.15, 0.2) is 109 Å². The molecule has 0 aliphatic heterocycles. The van der Waals surface area contributed by atoms with Gasteiger partial charge in [0.05, 0.1) is 44.6 Å². The summed E-state index contributed by atoms with van der Waals surface area (Å²) in [5, 5.41) is 3.20. The lowest BCUT2D eigenvalue weighted by molar-refractivity contribution is -0.138. The molecule has 50 heavy (non-hydrogen) atoms. The predicted octanol–water partition coefficient (Wildman–Crippen LogP) is 12.8. The molecule has 0 amide bonds. The quantitative estimate of drug-likeness (QED) is 0.165. The van der Waals surface area contributed by atoms with Crippen LogP contribution >= 0.6 is 0 Å². The molecule has 0 radical (unpaired) electrons. The fraction of sp³-hybridized carbons (Fsp3) is 0.143. The Labute approximate surface area is 283 Å². The molecule has 2 nitrogen and oxygen atoms in total. The fourth-order valence-electron chi connectivity index (χ4n) is 7.26. The Hall–Kier alpha value is -5.50. The van der Waals surface area contributed by atoms with Crippen LogP contribution < -0.4 is 0 Å². The third kappa shape index (κ3) is 5.04. The van der Waals surface area contributed by atoms with Gasteiger partial charge >= 0.3 is 12.4 Å². The van der Waals surface area contributed by atoms with Crippen LogP contribution in [-0.4, -0.2) is 9.13 Å². The summed E-state index contributed by atoms with van der Waals surface area (Å²) in [4.78, 5) is 0. The highest BCUT2D eigenvalue weighted by molar-refractivity contribution is 6.11. The van der Waals surface area contributed by atoms with Gasteiger partial charge in [0.1, 0.15) is 0 Å². The van der Waals surface area contributed by atoms with Gasteiger partial charge in [0.2, 0.25) is 0 Å². The molecule has 2 heterocycles. The summed E-state index contributed by atoms with van der Waals surface area (Å²) in [6, 6.07) is 30.2. The molecule has 0 N–H and O–H groups in total. The molecule has 0 unspecified atom stereocenters. The van der Waals surface area contributed by atoms with Gasteiger partial charge in [0, 0.05) is 27.1 Å². The molecule has 0 bridgehead atoms. The van der Waals surface area contributed by atoms with Crippen molar-refractivity contribution in [2.75, 3.05) is 0 Å². The summed E-state index contributed by atoms with van der Waals surface area (Å²) in [5.74, 6) is 0. The van der Waals surface area contributed by atoms with E-state index in [-0.39, 0.29) is 22.5 Å². The highest BCUT2D eigenvalue weighted by Crippen LogP contribution is 2.46. The number of fused-ring (bicyclic) bond motifs is 6. The average Bonchev–Trinajstić information content (AvgIpc) is 3.53. The first-order chi connectivity index (χ1) is 23.7. The third-order valence-corrected chi connectivity index (χ3v) is 9.56. The molecule has 0 aliphatic carbocycles. The molecule has 0 atom stereocenters. The van der Waals surface area contributed by atoms with E-state index in [1.807, 2.05) is 100 Å². The van der Waals surface area contributed by atoms with Gasteiger partial charge in [-0.15, -0.1) is 0 Å². The number of aromatic nitrogens is 2. The second-order valence-electron chi connectivity index (χ2n) is 13.2.